The maximum atomic E-state index is 13.2. The van der Waals surface area contributed by atoms with Crippen LogP contribution in [-0.4, -0.2) is 37.1 Å². The summed E-state index contributed by atoms with van der Waals surface area (Å²) in [5.74, 6) is -0.267. The smallest absolute Gasteiger partial charge is 0.317 e. The van der Waals surface area contributed by atoms with Crippen LogP contribution in [0.3, 0.4) is 0 Å². The molecule has 6 heteroatoms. The Hall–Kier alpha value is -1.30. The minimum atomic E-state index is -0.267. The van der Waals surface area contributed by atoms with E-state index in [1.54, 1.807) is 11.0 Å². The molecule has 0 aliphatic carbocycles. The highest BCUT2D eigenvalue weighted by atomic mass is 79.9. The molecule has 1 aromatic rings. The number of carbonyl (C=O) groups excluding carboxylic acids is 1. The van der Waals surface area contributed by atoms with Crippen LogP contribution in [-0.2, 0) is 0 Å². The zero-order valence-corrected chi connectivity index (χ0v) is 11.7. The zero-order chi connectivity index (χ0) is 13.1. The Bertz CT molecular complexity index is 467. The van der Waals surface area contributed by atoms with E-state index in [4.69, 9.17) is 0 Å². The predicted molar refractivity (Wildman–Crippen MR) is 72.3 cm³/mol. The van der Waals surface area contributed by atoms with Gasteiger partial charge in [-0.3, -0.25) is 0 Å². The third kappa shape index (κ3) is 2.93. The van der Waals surface area contributed by atoms with Gasteiger partial charge in [0, 0.05) is 31.9 Å². The van der Waals surface area contributed by atoms with Crippen LogP contribution >= 0.6 is 15.9 Å². The first-order chi connectivity index (χ1) is 8.58. The summed E-state index contributed by atoms with van der Waals surface area (Å²) in [6.45, 7) is 4.58. The molecule has 1 saturated heterocycles. The summed E-state index contributed by atoms with van der Waals surface area (Å²) < 4.78 is 13.7. The molecule has 0 saturated carbocycles. The molecule has 4 nitrogen and oxygen atoms in total. The van der Waals surface area contributed by atoms with E-state index in [1.807, 2.05) is 6.92 Å². The number of benzene rings is 1. The van der Waals surface area contributed by atoms with E-state index in [0.717, 1.165) is 17.8 Å². The van der Waals surface area contributed by atoms with Gasteiger partial charge in [0.05, 0.1) is 4.47 Å². The van der Waals surface area contributed by atoms with Crippen LogP contribution in [0.1, 0.15) is 5.56 Å². The maximum Gasteiger partial charge on any atom is 0.317 e. The number of hydrogen-bond acceptors (Lipinski definition) is 2. The lowest BCUT2D eigenvalue weighted by molar-refractivity contribution is 0.219. The number of nitrogens with zero attached hydrogens (tertiary/aromatic N) is 1. The first-order valence-corrected chi connectivity index (χ1v) is 6.59. The normalized spacial score (nSPS) is 14.8. The lowest BCUT2D eigenvalue weighted by Crippen LogP contribution is -2.32. The van der Waals surface area contributed by atoms with Gasteiger partial charge in [-0.1, -0.05) is 0 Å². The van der Waals surface area contributed by atoms with Gasteiger partial charge >= 0.3 is 6.03 Å². The van der Waals surface area contributed by atoms with Crippen molar-refractivity contribution in [3.8, 4) is 0 Å². The van der Waals surface area contributed by atoms with E-state index in [2.05, 4.69) is 26.6 Å². The molecule has 2 N–H and O–H groups in total. The van der Waals surface area contributed by atoms with E-state index in [0.29, 0.717) is 24.1 Å². The lowest BCUT2D eigenvalue weighted by Gasteiger charge is -2.16. The Balaban J connectivity index is 1.90. The monoisotopic (exact) mass is 315 g/mol. The highest BCUT2D eigenvalue weighted by molar-refractivity contribution is 9.10. The molecule has 1 aromatic carbocycles. The molecule has 98 valence electrons. The molecule has 0 unspecified atom stereocenters. The highest BCUT2D eigenvalue weighted by Crippen LogP contribution is 2.23. The largest absolute Gasteiger partial charge is 0.383 e. The fraction of sp³-hybridized carbons (Fsp3) is 0.417. The van der Waals surface area contributed by atoms with Crippen molar-refractivity contribution < 1.29 is 9.18 Å². The predicted octanol–water partition coefficient (Wildman–Crippen LogP) is 2.33. The first-order valence-electron chi connectivity index (χ1n) is 5.80. The Kier molecular flexibility index (Phi) is 4.06. The second-order valence-corrected chi connectivity index (χ2v) is 5.08. The van der Waals surface area contributed by atoms with Crippen molar-refractivity contribution in [2.24, 2.45) is 0 Å². The summed E-state index contributed by atoms with van der Waals surface area (Å²) in [5.41, 5.74) is 1.73. The number of hydrogen-bond donors (Lipinski definition) is 2. The summed E-state index contributed by atoms with van der Waals surface area (Å²) in [5, 5.41) is 5.96. The van der Waals surface area contributed by atoms with Gasteiger partial charge in [0.15, 0.2) is 0 Å². The summed E-state index contributed by atoms with van der Waals surface area (Å²) in [7, 11) is 0. The van der Waals surface area contributed by atoms with Crippen molar-refractivity contribution in [3.63, 3.8) is 0 Å². The fourth-order valence-corrected chi connectivity index (χ4v) is 2.23. The van der Waals surface area contributed by atoms with Crippen molar-refractivity contribution in [1.29, 1.82) is 0 Å². The molecule has 1 fully saturated rings. The van der Waals surface area contributed by atoms with Gasteiger partial charge < -0.3 is 15.5 Å². The Morgan fingerprint density at radius 3 is 3.00 bits per heavy atom. The van der Waals surface area contributed by atoms with Crippen LogP contribution in [0.5, 0.6) is 0 Å². The van der Waals surface area contributed by atoms with Crippen molar-refractivity contribution in [3.05, 3.63) is 28.0 Å². The maximum absolute atomic E-state index is 13.2. The second-order valence-electron chi connectivity index (χ2n) is 4.23. The third-order valence-corrected chi connectivity index (χ3v) is 3.52. The number of urea groups is 1. The number of amides is 2. The number of rotatable bonds is 4. The highest BCUT2D eigenvalue weighted by Gasteiger charge is 2.18. The van der Waals surface area contributed by atoms with Crippen LogP contribution in [0.4, 0.5) is 14.9 Å². The molecular weight excluding hydrogens is 301 g/mol. The van der Waals surface area contributed by atoms with Gasteiger partial charge in [-0.05, 0) is 40.5 Å². The third-order valence-electron chi connectivity index (χ3n) is 2.91. The molecule has 0 spiro atoms. The van der Waals surface area contributed by atoms with E-state index >= 15 is 0 Å². The first kappa shape index (κ1) is 13.1. The van der Waals surface area contributed by atoms with Gasteiger partial charge in [0.1, 0.15) is 5.82 Å². The molecule has 0 atom stereocenters. The van der Waals surface area contributed by atoms with Crippen molar-refractivity contribution in [2.75, 3.05) is 31.5 Å². The van der Waals surface area contributed by atoms with E-state index in [-0.39, 0.29) is 11.8 Å². The summed E-state index contributed by atoms with van der Waals surface area (Å²) in [6.07, 6.45) is 0. The van der Waals surface area contributed by atoms with Gasteiger partial charge in [-0.15, -0.1) is 0 Å². The fourth-order valence-electron chi connectivity index (χ4n) is 1.89. The van der Waals surface area contributed by atoms with Gasteiger partial charge in [-0.25, -0.2) is 9.18 Å². The van der Waals surface area contributed by atoms with E-state index in [1.165, 1.54) is 6.07 Å². The van der Waals surface area contributed by atoms with Gasteiger partial charge in [0.2, 0.25) is 0 Å². The number of anilines is 1. The number of carbonyl (C=O) groups is 1. The molecule has 1 aliphatic heterocycles. The summed E-state index contributed by atoms with van der Waals surface area (Å²) >= 11 is 3.16. The minimum absolute atomic E-state index is 0.0196. The van der Waals surface area contributed by atoms with E-state index in [9.17, 15) is 9.18 Å². The quantitative estimate of drug-likeness (QED) is 0.895. The van der Waals surface area contributed by atoms with Crippen LogP contribution < -0.4 is 10.6 Å². The topological polar surface area (TPSA) is 44.4 Å². The van der Waals surface area contributed by atoms with Crippen molar-refractivity contribution in [2.45, 2.75) is 6.92 Å². The molecule has 0 radical (unpaired) electrons. The zero-order valence-electron chi connectivity index (χ0n) is 10.1. The molecule has 2 rings (SSSR count). The lowest BCUT2D eigenvalue weighted by atomic mass is 10.2. The van der Waals surface area contributed by atoms with Crippen LogP contribution in [0.2, 0.25) is 0 Å². The number of aryl methyl sites for hydroxylation is 1. The van der Waals surface area contributed by atoms with E-state index < -0.39 is 0 Å². The minimum Gasteiger partial charge on any atom is -0.383 e. The van der Waals surface area contributed by atoms with Crippen LogP contribution in [0, 0.1) is 12.7 Å². The SMILES string of the molecule is Cc1cc(F)c(Br)cc1NCCN1CCNC1=O. The van der Waals surface area contributed by atoms with Gasteiger partial charge in [0.25, 0.3) is 0 Å². The molecular formula is C12H15BrFN3O. The second kappa shape index (κ2) is 5.56. The van der Waals surface area contributed by atoms with Crippen LogP contribution in [0.15, 0.2) is 16.6 Å². The standard InChI is InChI=1S/C12H15BrFN3O/c1-8-6-10(14)9(13)7-11(8)15-2-4-17-5-3-16-12(17)18/h6-7,15H,2-5H2,1H3,(H,16,18). The molecule has 1 aliphatic rings. The molecule has 0 bridgehead atoms. The van der Waals surface area contributed by atoms with Crippen molar-refractivity contribution in [1.82, 2.24) is 10.2 Å². The average molecular weight is 316 g/mol. The Morgan fingerprint density at radius 1 is 1.56 bits per heavy atom. The Morgan fingerprint density at radius 2 is 2.33 bits per heavy atom. The average Bonchev–Trinajstić information content (AvgIpc) is 2.72. The molecule has 1 heterocycles. The number of nitrogens with one attached hydrogen (secondary N) is 2. The van der Waals surface area contributed by atoms with Gasteiger partial charge in [-0.2, -0.15) is 0 Å². The molecule has 0 aromatic heterocycles. The van der Waals surface area contributed by atoms with Crippen LogP contribution in [0.25, 0.3) is 0 Å². The summed E-state index contributed by atoms with van der Waals surface area (Å²) in [6, 6.07) is 3.18. The van der Waals surface area contributed by atoms with Crippen molar-refractivity contribution >= 4 is 27.6 Å². The number of halogens is 2. The molecule has 18 heavy (non-hydrogen) atoms. The molecule has 2 amide bonds. The summed E-state index contributed by atoms with van der Waals surface area (Å²) in [4.78, 5) is 13.1. The Labute approximate surface area is 114 Å².